The molecule has 1 N–H and O–H groups in total. The molecular weight excluding hydrogens is 312 g/mol. The lowest BCUT2D eigenvalue weighted by atomic mass is 10.1. The van der Waals surface area contributed by atoms with Gasteiger partial charge in [-0.3, -0.25) is 4.90 Å². The molecule has 2 aromatic carbocycles. The van der Waals surface area contributed by atoms with Crippen LogP contribution in [0.3, 0.4) is 0 Å². The number of benzene rings is 2. The van der Waals surface area contributed by atoms with E-state index in [1.807, 2.05) is 18.2 Å². The van der Waals surface area contributed by atoms with E-state index in [9.17, 15) is 5.11 Å². The number of para-hydroxylation sites is 2. The lowest BCUT2D eigenvalue weighted by Gasteiger charge is -2.37. The van der Waals surface area contributed by atoms with Crippen LogP contribution in [0.25, 0.3) is 0 Å². The molecule has 0 saturated carbocycles. The second-order valence-electron chi connectivity index (χ2n) is 6.57. The molecule has 1 unspecified atom stereocenters. The van der Waals surface area contributed by atoms with E-state index < -0.39 is 6.10 Å². The molecule has 3 rings (SSSR count). The lowest BCUT2D eigenvalue weighted by Crippen LogP contribution is -2.47. The number of methoxy groups -OCH3 is 1. The molecule has 0 amide bonds. The van der Waals surface area contributed by atoms with Crippen molar-refractivity contribution in [1.82, 2.24) is 4.90 Å². The van der Waals surface area contributed by atoms with Crippen molar-refractivity contribution >= 4 is 5.69 Å². The van der Waals surface area contributed by atoms with Gasteiger partial charge in [0.1, 0.15) is 5.75 Å². The maximum atomic E-state index is 10.5. The summed E-state index contributed by atoms with van der Waals surface area (Å²) in [6.07, 6.45) is 0.602. The van der Waals surface area contributed by atoms with E-state index in [1.165, 1.54) is 5.56 Å². The Balaban J connectivity index is 1.55. The molecule has 0 bridgehead atoms. The summed E-state index contributed by atoms with van der Waals surface area (Å²) >= 11 is 0. The first-order valence-electron chi connectivity index (χ1n) is 9.08. The summed E-state index contributed by atoms with van der Waals surface area (Å²) in [6, 6.07) is 16.5. The number of ether oxygens (including phenoxy) is 1. The Morgan fingerprint density at radius 1 is 1.00 bits per heavy atom. The Kier molecular flexibility index (Phi) is 5.95. The average molecular weight is 340 g/mol. The molecule has 1 aliphatic rings. The van der Waals surface area contributed by atoms with Crippen LogP contribution in [0.5, 0.6) is 5.75 Å². The van der Waals surface area contributed by atoms with Gasteiger partial charge in [0, 0.05) is 32.7 Å². The molecule has 1 saturated heterocycles. The fourth-order valence-corrected chi connectivity index (χ4v) is 3.39. The zero-order chi connectivity index (χ0) is 17.6. The monoisotopic (exact) mass is 340 g/mol. The van der Waals surface area contributed by atoms with E-state index in [2.05, 4.69) is 47.1 Å². The van der Waals surface area contributed by atoms with Gasteiger partial charge in [-0.05, 0) is 29.7 Å². The average Bonchev–Trinajstić information content (AvgIpc) is 2.68. The van der Waals surface area contributed by atoms with Gasteiger partial charge in [0.25, 0.3) is 0 Å². The van der Waals surface area contributed by atoms with E-state index in [0.29, 0.717) is 6.54 Å². The number of aliphatic hydroxyl groups is 1. The van der Waals surface area contributed by atoms with E-state index >= 15 is 0 Å². The molecule has 1 atom stereocenters. The van der Waals surface area contributed by atoms with Crippen LogP contribution in [0.15, 0.2) is 48.5 Å². The van der Waals surface area contributed by atoms with E-state index in [0.717, 1.165) is 49.6 Å². The SMILES string of the molecule is CCc1ccc(C(O)CN2CCN(c3ccccc3OC)CC2)cc1. The largest absolute Gasteiger partial charge is 0.495 e. The highest BCUT2D eigenvalue weighted by atomic mass is 16.5. The molecule has 4 nitrogen and oxygen atoms in total. The Hall–Kier alpha value is -2.04. The lowest BCUT2D eigenvalue weighted by molar-refractivity contribution is 0.109. The number of rotatable bonds is 6. The summed E-state index contributed by atoms with van der Waals surface area (Å²) in [5.74, 6) is 0.923. The van der Waals surface area contributed by atoms with E-state index in [4.69, 9.17) is 4.74 Å². The molecule has 0 spiro atoms. The third-order valence-corrected chi connectivity index (χ3v) is 5.00. The van der Waals surface area contributed by atoms with Gasteiger partial charge in [0.2, 0.25) is 0 Å². The quantitative estimate of drug-likeness (QED) is 0.876. The molecule has 1 fully saturated rings. The number of piperazine rings is 1. The second-order valence-corrected chi connectivity index (χ2v) is 6.57. The van der Waals surface area contributed by atoms with Crippen molar-refractivity contribution in [3.05, 3.63) is 59.7 Å². The number of aryl methyl sites for hydroxylation is 1. The van der Waals surface area contributed by atoms with Crippen molar-refractivity contribution in [1.29, 1.82) is 0 Å². The van der Waals surface area contributed by atoms with Gasteiger partial charge in [-0.25, -0.2) is 0 Å². The summed E-state index contributed by atoms with van der Waals surface area (Å²) in [4.78, 5) is 4.70. The molecule has 0 aromatic heterocycles. The minimum Gasteiger partial charge on any atom is -0.495 e. The first kappa shape index (κ1) is 17.8. The number of hydrogen-bond donors (Lipinski definition) is 1. The highest BCUT2D eigenvalue weighted by molar-refractivity contribution is 5.58. The van der Waals surface area contributed by atoms with E-state index in [-0.39, 0.29) is 0 Å². The number of anilines is 1. The first-order valence-corrected chi connectivity index (χ1v) is 9.08. The third-order valence-electron chi connectivity index (χ3n) is 5.00. The van der Waals surface area contributed by atoms with Crippen molar-refractivity contribution < 1.29 is 9.84 Å². The van der Waals surface area contributed by atoms with Crippen LogP contribution >= 0.6 is 0 Å². The smallest absolute Gasteiger partial charge is 0.142 e. The van der Waals surface area contributed by atoms with Crippen molar-refractivity contribution in [2.45, 2.75) is 19.4 Å². The van der Waals surface area contributed by atoms with Crippen LogP contribution in [-0.2, 0) is 6.42 Å². The predicted octanol–water partition coefficient (Wildman–Crippen LogP) is 3.11. The highest BCUT2D eigenvalue weighted by Gasteiger charge is 2.21. The van der Waals surface area contributed by atoms with Crippen LogP contribution in [0.1, 0.15) is 24.2 Å². The van der Waals surface area contributed by atoms with Crippen molar-refractivity contribution in [3.63, 3.8) is 0 Å². The topological polar surface area (TPSA) is 35.9 Å². The Morgan fingerprint density at radius 2 is 1.68 bits per heavy atom. The molecule has 2 aromatic rings. The van der Waals surface area contributed by atoms with E-state index in [1.54, 1.807) is 7.11 Å². The third kappa shape index (κ3) is 4.33. The Bertz CT molecular complexity index is 664. The van der Waals surface area contributed by atoms with Gasteiger partial charge in [0.05, 0.1) is 18.9 Å². The normalized spacial score (nSPS) is 16.7. The molecule has 0 aliphatic carbocycles. The molecule has 1 aliphatic heterocycles. The van der Waals surface area contributed by atoms with Crippen molar-refractivity contribution in [2.75, 3.05) is 44.7 Å². The molecule has 25 heavy (non-hydrogen) atoms. The minimum atomic E-state index is -0.427. The molecule has 1 heterocycles. The molecule has 134 valence electrons. The van der Waals surface area contributed by atoms with Crippen LogP contribution < -0.4 is 9.64 Å². The standard InChI is InChI=1S/C21H28N2O2/c1-3-17-8-10-18(11-9-17)20(24)16-22-12-14-23(15-13-22)19-6-4-5-7-21(19)25-2/h4-11,20,24H,3,12-16H2,1-2H3. The van der Waals surface area contributed by atoms with Crippen LogP contribution in [0.4, 0.5) is 5.69 Å². The predicted molar refractivity (Wildman–Crippen MR) is 102 cm³/mol. The summed E-state index contributed by atoms with van der Waals surface area (Å²) < 4.78 is 5.47. The highest BCUT2D eigenvalue weighted by Crippen LogP contribution is 2.28. The van der Waals surface area contributed by atoms with Crippen LogP contribution in [0, 0.1) is 0 Å². The number of nitrogens with zero attached hydrogens (tertiary/aromatic N) is 2. The van der Waals surface area contributed by atoms with Gasteiger partial charge in [-0.1, -0.05) is 43.3 Å². The van der Waals surface area contributed by atoms with Crippen LogP contribution in [0.2, 0.25) is 0 Å². The minimum absolute atomic E-state index is 0.427. The van der Waals surface area contributed by atoms with Gasteiger partial charge in [0.15, 0.2) is 0 Å². The number of aliphatic hydroxyl groups excluding tert-OH is 1. The summed E-state index contributed by atoms with van der Waals surface area (Å²) in [5, 5.41) is 10.5. The molecule has 4 heteroatoms. The maximum absolute atomic E-state index is 10.5. The Labute approximate surface area is 150 Å². The number of hydrogen-bond acceptors (Lipinski definition) is 4. The zero-order valence-electron chi connectivity index (χ0n) is 15.2. The summed E-state index contributed by atoms with van der Waals surface area (Å²) in [7, 11) is 1.72. The van der Waals surface area contributed by atoms with Gasteiger partial charge in [-0.2, -0.15) is 0 Å². The van der Waals surface area contributed by atoms with Gasteiger partial charge in [-0.15, -0.1) is 0 Å². The van der Waals surface area contributed by atoms with Crippen molar-refractivity contribution in [3.8, 4) is 5.75 Å². The second kappa shape index (κ2) is 8.37. The van der Waals surface area contributed by atoms with Crippen molar-refractivity contribution in [2.24, 2.45) is 0 Å². The fourth-order valence-electron chi connectivity index (χ4n) is 3.39. The fraction of sp³-hybridized carbons (Fsp3) is 0.429. The summed E-state index contributed by atoms with van der Waals surface area (Å²) in [5.41, 5.74) is 3.46. The molecular formula is C21H28N2O2. The zero-order valence-corrected chi connectivity index (χ0v) is 15.2. The van der Waals surface area contributed by atoms with Gasteiger partial charge < -0.3 is 14.7 Å². The number of β-amino-alcohol motifs (C(OH)–C–C–N with tert-alkyl or cyclic N) is 1. The van der Waals surface area contributed by atoms with Gasteiger partial charge >= 0.3 is 0 Å². The first-order chi connectivity index (χ1) is 12.2. The maximum Gasteiger partial charge on any atom is 0.142 e. The summed E-state index contributed by atoms with van der Waals surface area (Å²) in [6.45, 7) is 6.62. The molecule has 0 radical (unpaired) electrons. The van der Waals surface area contributed by atoms with Crippen LogP contribution in [-0.4, -0.2) is 49.8 Å². The Morgan fingerprint density at radius 3 is 2.32 bits per heavy atom.